The second kappa shape index (κ2) is 9.42. The van der Waals surface area contributed by atoms with Crippen LogP contribution in [0.3, 0.4) is 0 Å². The van der Waals surface area contributed by atoms with E-state index in [1.165, 1.54) is 12.7 Å². The minimum Gasteiger partial charge on any atom is -0.492 e. The van der Waals surface area contributed by atoms with Gasteiger partial charge >= 0.3 is 5.97 Å². The van der Waals surface area contributed by atoms with Gasteiger partial charge in [0.15, 0.2) is 5.41 Å². The molecular formula is C32H36N2O4. The Hall–Kier alpha value is -3.38. The third-order valence-corrected chi connectivity index (χ3v) is 9.14. The van der Waals surface area contributed by atoms with Crippen molar-refractivity contribution >= 4 is 23.1 Å². The van der Waals surface area contributed by atoms with Crippen LogP contribution >= 0.6 is 0 Å². The third-order valence-electron chi connectivity index (χ3n) is 9.14. The summed E-state index contributed by atoms with van der Waals surface area (Å²) < 4.78 is 11.5. The van der Waals surface area contributed by atoms with Crippen molar-refractivity contribution in [1.82, 2.24) is 4.90 Å². The van der Waals surface area contributed by atoms with E-state index in [4.69, 9.17) is 9.47 Å². The zero-order chi connectivity index (χ0) is 26.5. The summed E-state index contributed by atoms with van der Waals surface area (Å²) in [5.41, 5.74) is 5.17. The zero-order valence-corrected chi connectivity index (χ0v) is 22.6. The van der Waals surface area contributed by atoms with Crippen molar-refractivity contribution in [2.24, 2.45) is 5.41 Å². The van der Waals surface area contributed by atoms with E-state index in [9.17, 15) is 9.59 Å². The van der Waals surface area contributed by atoms with E-state index in [0.29, 0.717) is 13.2 Å². The molecule has 6 heteroatoms. The van der Waals surface area contributed by atoms with Gasteiger partial charge in [0, 0.05) is 23.2 Å². The van der Waals surface area contributed by atoms with Gasteiger partial charge in [-0.05, 0) is 93.6 Å². The van der Waals surface area contributed by atoms with E-state index < -0.39 is 11.4 Å². The summed E-state index contributed by atoms with van der Waals surface area (Å²) in [7, 11) is 3.53. The minimum atomic E-state index is -1.38. The Balaban J connectivity index is 1.36. The summed E-state index contributed by atoms with van der Waals surface area (Å²) in [4.78, 5) is 31.9. The summed E-state index contributed by atoms with van der Waals surface area (Å²) in [6, 6.07) is 12.5. The molecule has 3 aliphatic heterocycles. The molecule has 0 radical (unpaired) electrons. The van der Waals surface area contributed by atoms with Crippen molar-refractivity contribution in [2.45, 2.75) is 44.4 Å². The average Bonchev–Trinajstić information content (AvgIpc) is 3.29. The molecule has 4 aliphatic rings. The largest absolute Gasteiger partial charge is 0.492 e. The molecule has 6 nitrogen and oxygen atoms in total. The first-order chi connectivity index (χ1) is 18.4. The Morgan fingerprint density at radius 1 is 1.08 bits per heavy atom. The Kier molecular flexibility index (Phi) is 6.18. The van der Waals surface area contributed by atoms with Crippen LogP contribution in [0.5, 0.6) is 5.75 Å². The number of hydrogen-bond donors (Lipinski definition) is 0. The van der Waals surface area contributed by atoms with Crippen molar-refractivity contribution in [1.29, 1.82) is 0 Å². The number of methoxy groups -OCH3 is 1. The van der Waals surface area contributed by atoms with Crippen LogP contribution in [0.25, 0.3) is 5.57 Å². The van der Waals surface area contributed by atoms with Crippen LogP contribution in [0.2, 0.25) is 0 Å². The number of benzene rings is 2. The second-order valence-corrected chi connectivity index (χ2v) is 11.4. The number of amides is 1. The maximum atomic E-state index is 14.4. The number of carbonyl (C=O) groups is 2. The monoisotopic (exact) mass is 512 g/mol. The maximum Gasteiger partial charge on any atom is 0.325 e. The molecule has 1 spiro atoms. The number of carbonyl (C=O) groups excluding carboxylic acids is 2. The quantitative estimate of drug-likeness (QED) is 0.435. The average molecular weight is 513 g/mol. The molecule has 2 aromatic rings. The van der Waals surface area contributed by atoms with E-state index in [1.54, 1.807) is 6.08 Å². The fraction of sp³-hybridized carbons (Fsp3) is 0.438. The second-order valence-electron chi connectivity index (χ2n) is 11.4. The highest BCUT2D eigenvalue weighted by molar-refractivity contribution is 6.13. The highest BCUT2D eigenvalue weighted by Gasteiger charge is 2.49. The normalized spacial score (nSPS) is 23.9. The topological polar surface area (TPSA) is 59.1 Å². The molecule has 6 rings (SSSR count). The Morgan fingerprint density at radius 2 is 1.87 bits per heavy atom. The number of rotatable bonds is 3. The van der Waals surface area contributed by atoms with Crippen LogP contribution in [0, 0.1) is 12.3 Å². The number of likely N-dealkylation sites (tertiary alicyclic amines) is 1. The summed E-state index contributed by atoms with van der Waals surface area (Å²) in [6.45, 7) is 5.43. The van der Waals surface area contributed by atoms with Crippen molar-refractivity contribution in [3.8, 4) is 5.75 Å². The minimum absolute atomic E-state index is 0.000994. The molecule has 0 aromatic heterocycles. The standard InChI is InChI=1S/C32H36N2O4/c1-22-7-4-5-9-25(22)23-10-12-32(13-11-23,30(36)37-3)29(35)34-16-6-8-24-19-28-26(20-27(24)34)31(21-38-28)14-17-33(2)18-15-31/h4-5,7,9-12,19-20H,6,8,13-18,21H2,1-3H3. The van der Waals surface area contributed by atoms with Crippen LogP contribution in [-0.2, 0) is 26.2 Å². The Morgan fingerprint density at radius 3 is 2.58 bits per heavy atom. The number of aryl methyl sites for hydroxylation is 2. The van der Waals surface area contributed by atoms with E-state index in [0.717, 1.165) is 72.5 Å². The van der Waals surface area contributed by atoms with Gasteiger partial charge in [-0.15, -0.1) is 0 Å². The van der Waals surface area contributed by atoms with Gasteiger partial charge < -0.3 is 19.3 Å². The van der Waals surface area contributed by atoms with Gasteiger partial charge in [-0.2, -0.15) is 0 Å². The summed E-state index contributed by atoms with van der Waals surface area (Å²) >= 11 is 0. The molecule has 1 atom stereocenters. The molecule has 0 bridgehead atoms. The zero-order valence-electron chi connectivity index (χ0n) is 22.6. The smallest absolute Gasteiger partial charge is 0.325 e. The van der Waals surface area contributed by atoms with Crippen LogP contribution in [0.1, 0.15) is 47.9 Å². The van der Waals surface area contributed by atoms with Gasteiger partial charge in [-0.3, -0.25) is 9.59 Å². The number of allylic oxidation sites excluding steroid dienone is 3. The maximum absolute atomic E-state index is 14.4. The molecule has 1 aliphatic carbocycles. The van der Waals surface area contributed by atoms with Gasteiger partial charge in [0.2, 0.25) is 5.91 Å². The molecule has 3 heterocycles. The molecule has 198 valence electrons. The number of ether oxygens (including phenoxy) is 2. The lowest BCUT2D eigenvalue weighted by Gasteiger charge is -2.39. The first-order valence-electron chi connectivity index (χ1n) is 13.7. The fourth-order valence-corrected chi connectivity index (χ4v) is 6.66. The van der Waals surface area contributed by atoms with Crippen molar-refractivity contribution in [3.63, 3.8) is 0 Å². The highest BCUT2D eigenvalue weighted by atomic mass is 16.5. The highest BCUT2D eigenvalue weighted by Crippen LogP contribution is 2.49. The Bertz CT molecular complexity index is 1350. The SMILES string of the molecule is COC(=O)C1(C(=O)N2CCCc3cc4c(cc32)C2(CCN(C)CC2)CO4)C=CC(c2ccccc2C)=CC1. The van der Waals surface area contributed by atoms with Gasteiger partial charge in [-0.1, -0.05) is 42.5 Å². The van der Waals surface area contributed by atoms with E-state index in [-0.39, 0.29) is 17.7 Å². The molecule has 0 N–H and O–H groups in total. The van der Waals surface area contributed by atoms with Crippen molar-refractivity contribution < 1.29 is 19.1 Å². The molecule has 1 amide bonds. The number of nitrogens with zero attached hydrogens (tertiary/aromatic N) is 2. The van der Waals surface area contributed by atoms with Crippen molar-refractivity contribution in [2.75, 3.05) is 45.3 Å². The van der Waals surface area contributed by atoms with Crippen LogP contribution in [0.4, 0.5) is 5.69 Å². The fourth-order valence-electron chi connectivity index (χ4n) is 6.66. The van der Waals surface area contributed by atoms with E-state index in [2.05, 4.69) is 43.1 Å². The van der Waals surface area contributed by atoms with E-state index >= 15 is 0 Å². The number of esters is 1. The molecule has 1 unspecified atom stereocenters. The van der Waals surface area contributed by atoms with Crippen LogP contribution in [-0.4, -0.2) is 57.2 Å². The van der Waals surface area contributed by atoms with Crippen LogP contribution in [0.15, 0.2) is 54.6 Å². The molecule has 1 fully saturated rings. The first kappa shape index (κ1) is 24.9. The summed E-state index contributed by atoms with van der Waals surface area (Å²) in [5, 5.41) is 0. The number of hydrogen-bond acceptors (Lipinski definition) is 5. The lowest BCUT2D eigenvalue weighted by molar-refractivity contribution is -0.154. The van der Waals surface area contributed by atoms with Crippen molar-refractivity contribution in [3.05, 3.63) is 76.9 Å². The third kappa shape index (κ3) is 3.89. The molecule has 1 saturated heterocycles. The van der Waals surface area contributed by atoms with Crippen LogP contribution < -0.4 is 9.64 Å². The summed E-state index contributed by atoms with van der Waals surface area (Å²) in [6.07, 6.45) is 9.79. The summed E-state index contributed by atoms with van der Waals surface area (Å²) in [5.74, 6) is 0.244. The van der Waals surface area contributed by atoms with Gasteiger partial charge in [0.1, 0.15) is 5.75 Å². The lowest BCUT2D eigenvalue weighted by Crippen LogP contribution is -2.50. The van der Waals surface area contributed by atoms with Gasteiger partial charge in [0.25, 0.3) is 0 Å². The Labute approximate surface area is 224 Å². The van der Waals surface area contributed by atoms with Gasteiger partial charge in [0.05, 0.1) is 13.7 Å². The number of fused-ring (bicyclic) bond motifs is 3. The molecule has 38 heavy (non-hydrogen) atoms. The predicted octanol–water partition coefficient (Wildman–Crippen LogP) is 4.83. The predicted molar refractivity (Wildman–Crippen MR) is 148 cm³/mol. The first-order valence-corrected chi connectivity index (χ1v) is 13.7. The number of piperidine rings is 1. The molecule has 2 aromatic carbocycles. The molecular weight excluding hydrogens is 476 g/mol. The lowest BCUT2D eigenvalue weighted by atomic mass is 9.73. The number of anilines is 1. The molecule has 0 saturated carbocycles. The van der Waals surface area contributed by atoms with Gasteiger partial charge in [-0.25, -0.2) is 0 Å². The van der Waals surface area contributed by atoms with E-state index in [1.807, 2.05) is 29.2 Å².